The van der Waals surface area contributed by atoms with Crippen LogP contribution in [0.2, 0.25) is 0 Å². The molecule has 2 aromatic rings. The van der Waals surface area contributed by atoms with Crippen molar-refractivity contribution >= 4 is 34.5 Å². The molecular weight excluding hydrogens is 284 g/mol. The van der Waals surface area contributed by atoms with Crippen molar-refractivity contribution in [3.63, 3.8) is 0 Å². The van der Waals surface area contributed by atoms with Gasteiger partial charge in [-0.15, -0.1) is 0 Å². The summed E-state index contributed by atoms with van der Waals surface area (Å²) in [6.45, 7) is 2.90. The van der Waals surface area contributed by atoms with Gasteiger partial charge in [-0.3, -0.25) is 4.79 Å². The SMILES string of the molecule is CCNc1nc2ccccc2cc1CSCCC(=O)OC. The molecule has 0 unspecified atom stereocenters. The minimum absolute atomic E-state index is 0.161. The lowest BCUT2D eigenvalue weighted by Crippen LogP contribution is -2.04. The number of thioether (sulfide) groups is 1. The number of hydrogen-bond donors (Lipinski definition) is 1. The molecule has 0 amide bonds. The summed E-state index contributed by atoms with van der Waals surface area (Å²) in [5.41, 5.74) is 2.17. The number of carbonyl (C=O) groups excluding carboxylic acids is 1. The lowest BCUT2D eigenvalue weighted by atomic mass is 10.1. The van der Waals surface area contributed by atoms with Crippen LogP contribution in [0.15, 0.2) is 30.3 Å². The predicted octanol–water partition coefficient (Wildman–Crippen LogP) is 3.46. The Morgan fingerprint density at radius 1 is 1.38 bits per heavy atom. The van der Waals surface area contributed by atoms with E-state index in [1.807, 2.05) is 18.2 Å². The highest BCUT2D eigenvalue weighted by molar-refractivity contribution is 7.98. The maximum atomic E-state index is 11.1. The molecule has 1 aromatic carbocycles. The molecule has 0 bridgehead atoms. The maximum absolute atomic E-state index is 11.1. The number of methoxy groups -OCH3 is 1. The first kappa shape index (κ1) is 15.6. The summed E-state index contributed by atoms with van der Waals surface area (Å²) in [5, 5.41) is 4.45. The molecular formula is C16H20N2O2S. The van der Waals surface area contributed by atoms with Crippen LogP contribution in [0, 0.1) is 0 Å². The molecule has 21 heavy (non-hydrogen) atoms. The zero-order valence-corrected chi connectivity index (χ0v) is 13.2. The van der Waals surface area contributed by atoms with Crippen molar-refractivity contribution in [1.82, 2.24) is 4.98 Å². The molecule has 0 aliphatic rings. The Labute approximate surface area is 129 Å². The van der Waals surface area contributed by atoms with Crippen LogP contribution in [-0.4, -0.2) is 30.4 Å². The Morgan fingerprint density at radius 3 is 2.95 bits per heavy atom. The van der Waals surface area contributed by atoms with E-state index in [4.69, 9.17) is 0 Å². The highest BCUT2D eigenvalue weighted by Crippen LogP contribution is 2.24. The first-order chi connectivity index (χ1) is 10.2. The molecule has 1 aromatic heterocycles. The standard InChI is InChI=1S/C16H20N2O2S/c1-3-17-16-13(11-21-9-8-15(19)20-2)10-12-6-4-5-7-14(12)18-16/h4-7,10H,3,8-9,11H2,1-2H3,(H,17,18). The quantitative estimate of drug-likeness (QED) is 0.627. The first-order valence-corrected chi connectivity index (χ1v) is 8.17. The number of hydrogen-bond acceptors (Lipinski definition) is 5. The smallest absolute Gasteiger partial charge is 0.306 e. The summed E-state index contributed by atoms with van der Waals surface area (Å²) < 4.78 is 4.65. The van der Waals surface area contributed by atoms with E-state index in [0.29, 0.717) is 6.42 Å². The van der Waals surface area contributed by atoms with Crippen molar-refractivity contribution in [2.45, 2.75) is 19.1 Å². The molecule has 0 radical (unpaired) electrons. The number of rotatable bonds is 7. The minimum Gasteiger partial charge on any atom is -0.469 e. The fourth-order valence-electron chi connectivity index (χ4n) is 2.03. The van der Waals surface area contributed by atoms with E-state index in [1.54, 1.807) is 11.8 Å². The highest BCUT2D eigenvalue weighted by atomic mass is 32.2. The molecule has 0 saturated heterocycles. The number of ether oxygens (including phenoxy) is 1. The molecule has 0 atom stereocenters. The number of esters is 1. The summed E-state index contributed by atoms with van der Waals surface area (Å²) >= 11 is 1.72. The average molecular weight is 304 g/mol. The van der Waals surface area contributed by atoms with Crippen molar-refractivity contribution in [3.05, 3.63) is 35.9 Å². The van der Waals surface area contributed by atoms with E-state index < -0.39 is 0 Å². The Kier molecular flexibility index (Phi) is 5.87. The summed E-state index contributed by atoms with van der Waals surface area (Å²) in [7, 11) is 1.42. The third kappa shape index (κ3) is 4.36. The van der Waals surface area contributed by atoms with E-state index in [9.17, 15) is 4.79 Å². The van der Waals surface area contributed by atoms with Crippen LogP contribution in [0.4, 0.5) is 5.82 Å². The largest absolute Gasteiger partial charge is 0.469 e. The van der Waals surface area contributed by atoms with Gasteiger partial charge in [-0.05, 0) is 19.1 Å². The molecule has 0 aliphatic heterocycles. The van der Waals surface area contributed by atoms with Crippen LogP contribution in [0.3, 0.4) is 0 Å². The number of nitrogens with zero attached hydrogens (tertiary/aromatic N) is 1. The van der Waals surface area contributed by atoms with Crippen LogP contribution in [-0.2, 0) is 15.3 Å². The van der Waals surface area contributed by atoms with Crippen molar-refractivity contribution in [3.8, 4) is 0 Å². The molecule has 2 rings (SSSR count). The third-order valence-corrected chi connectivity index (χ3v) is 4.09. The topological polar surface area (TPSA) is 51.2 Å². The summed E-state index contributed by atoms with van der Waals surface area (Å²) in [4.78, 5) is 15.8. The number of anilines is 1. The fraction of sp³-hybridized carbons (Fsp3) is 0.375. The molecule has 1 heterocycles. The molecule has 0 spiro atoms. The number of nitrogens with one attached hydrogen (secondary N) is 1. The number of benzene rings is 1. The number of aromatic nitrogens is 1. The molecule has 4 nitrogen and oxygen atoms in total. The fourth-order valence-corrected chi connectivity index (χ4v) is 2.93. The molecule has 1 N–H and O–H groups in total. The molecule has 5 heteroatoms. The monoisotopic (exact) mass is 304 g/mol. The van der Waals surface area contributed by atoms with Crippen LogP contribution in [0.5, 0.6) is 0 Å². The van der Waals surface area contributed by atoms with E-state index in [1.165, 1.54) is 12.7 Å². The van der Waals surface area contributed by atoms with E-state index in [2.05, 4.69) is 34.1 Å². The van der Waals surface area contributed by atoms with Crippen molar-refractivity contribution in [2.75, 3.05) is 24.7 Å². The summed E-state index contributed by atoms with van der Waals surface area (Å²) in [6.07, 6.45) is 0.443. The molecule has 112 valence electrons. The summed E-state index contributed by atoms with van der Waals surface area (Å²) in [5.74, 6) is 2.36. The normalized spacial score (nSPS) is 10.6. The van der Waals surface area contributed by atoms with Crippen molar-refractivity contribution < 1.29 is 9.53 Å². The molecule has 0 saturated carbocycles. The van der Waals surface area contributed by atoms with E-state index >= 15 is 0 Å². The number of carbonyl (C=O) groups is 1. The van der Waals surface area contributed by atoms with Crippen LogP contribution >= 0.6 is 11.8 Å². The molecule has 0 aliphatic carbocycles. The van der Waals surface area contributed by atoms with Gasteiger partial charge in [0.1, 0.15) is 5.82 Å². The third-order valence-electron chi connectivity index (χ3n) is 3.08. The van der Waals surface area contributed by atoms with Gasteiger partial charge in [0, 0.05) is 29.0 Å². The van der Waals surface area contributed by atoms with Crippen LogP contribution < -0.4 is 5.32 Å². The van der Waals surface area contributed by atoms with E-state index in [-0.39, 0.29) is 5.97 Å². The second-order valence-electron chi connectivity index (χ2n) is 4.60. The van der Waals surface area contributed by atoms with Gasteiger partial charge in [0.05, 0.1) is 19.0 Å². The van der Waals surface area contributed by atoms with E-state index in [0.717, 1.165) is 34.8 Å². The first-order valence-electron chi connectivity index (χ1n) is 7.01. The number of para-hydroxylation sites is 1. The van der Waals surface area contributed by atoms with Gasteiger partial charge in [-0.2, -0.15) is 11.8 Å². The lowest BCUT2D eigenvalue weighted by Gasteiger charge is -2.11. The Morgan fingerprint density at radius 2 is 2.19 bits per heavy atom. The van der Waals surface area contributed by atoms with Crippen molar-refractivity contribution in [1.29, 1.82) is 0 Å². The van der Waals surface area contributed by atoms with Gasteiger partial charge in [-0.1, -0.05) is 18.2 Å². The zero-order valence-electron chi connectivity index (χ0n) is 12.4. The zero-order chi connectivity index (χ0) is 15.1. The van der Waals surface area contributed by atoms with Crippen LogP contribution in [0.25, 0.3) is 10.9 Å². The van der Waals surface area contributed by atoms with Gasteiger partial charge in [-0.25, -0.2) is 4.98 Å². The second-order valence-corrected chi connectivity index (χ2v) is 5.70. The number of fused-ring (bicyclic) bond motifs is 1. The predicted molar refractivity (Wildman–Crippen MR) is 88.7 cm³/mol. The second kappa shape index (κ2) is 7.88. The summed E-state index contributed by atoms with van der Waals surface area (Å²) in [6, 6.07) is 10.3. The van der Waals surface area contributed by atoms with Gasteiger partial charge in [0.15, 0.2) is 0 Å². The van der Waals surface area contributed by atoms with Gasteiger partial charge in [0.2, 0.25) is 0 Å². The lowest BCUT2D eigenvalue weighted by molar-refractivity contribution is -0.140. The highest BCUT2D eigenvalue weighted by Gasteiger charge is 2.07. The Hall–Kier alpha value is -1.75. The van der Waals surface area contributed by atoms with Gasteiger partial charge >= 0.3 is 5.97 Å². The maximum Gasteiger partial charge on any atom is 0.306 e. The van der Waals surface area contributed by atoms with Gasteiger partial charge in [0.25, 0.3) is 0 Å². The average Bonchev–Trinajstić information content (AvgIpc) is 2.51. The van der Waals surface area contributed by atoms with Crippen molar-refractivity contribution in [2.24, 2.45) is 0 Å². The molecule has 0 fully saturated rings. The minimum atomic E-state index is -0.161. The number of pyridine rings is 1. The van der Waals surface area contributed by atoms with Crippen LogP contribution in [0.1, 0.15) is 18.9 Å². The Balaban J connectivity index is 2.09. The van der Waals surface area contributed by atoms with Gasteiger partial charge < -0.3 is 10.1 Å². The Bertz CT molecular complexity index is 616.